The first-order valence-corrected chi connectivity index (χ1v) is 8.05. The Morgan fingerprint density at radius 1 is 1.45 bits per heavy atom. The number of carbonyl (C=O) groups excluding carboxylic acids is 1. The van der Waals surface area contributed by atoms with Crippen LogP contribution in [-0.2, 0) is 4.79 Å². The second kappa shape index (κ2) is 5.30. The van der Waals surface area contributed by atoms with Gasteiger partial charge in [0.15, 0.2) is 0 Å². The zero-order valence-electron chi connectivity index (χ0n) is 12.8. The summed E-state index contributed by atoms with van der Waals surface area (Å²) in [4.78, 5) is 19.1. The maximum atomic E-state index is 12.7. The van der Waals surface area contributed by atoms with Crippen molar-refractivity contribution in [2.24, 2.45) is 5.92 Å². The minimum absolute atomic E-state index is 0.119. The van der Waals surface area contributed by atoms with E-state index in [4.69, 9.17) is 4.42 Å². The molecule has 2 aliphatic rings. The van der Waals surface area contributed by atoms with E-state index in [1.54, 1.807) is 6.26 Å². The van der Waals surface area contributed by atoms with Gasteiger partial charge in [-0.3, -0.25) is 4.79 Å². The first kappa shape index (κ1) is 13.6. The Balaban J connectivity index is 1.43. The van der Waals surface area contributed by atoms with Crippen molar-refractivity contribution < 1.29 is 9.21 Å². The molecular formula is C17H21N3O2. The lowest BCUT2D eigenvalue weighted by Crippen LogP contribution is -2.41. The van der Waals surface area contributed by atoms with Crippen LogP contribution in [-0.4, -0.2) is 33.4 Å². The molecule has 3 heterocycles. The molecule has 0 spiro atoms. The summed E-state index contributed by atoms with van der Waals surface area (Å²) < 4.78 is 7.64. The number of furan rings is 1. The van der Waals surface area contributed by atoms with Crippen LogP contribution in [0.2, 0.25) is 0 Å². The Morgan fingerprint density at radius 2 is 2.36 bits per heavy atom. The third-order valence-electron chi connectivity index (χ3n) is 4.98. The standard InChI is InChI=1S/C17H21N3O2/c1-12-18-6-8-20(12)13-4-2-7-19(11-13)17(21)15-10-14(15)16-5-3-9-22-16/h3,5-6,8-9,13-15H,2,4,7,10-11H2,1H3. The number of carbonyl (C=O) groups is 1. The van der Waals surface area contributed by atoms with E-state index in [1.165, 1.54) is 0 Å². The highest BCUT2D eigenvalue weighted by atomic mass is 16.3. The molecule has 1 saturated heterocycles. The van der Waals surface area contributed by atoms with Crippen molar-refractivity contribution in [2.75, 3.05) is 13.1 Å². The Labute approximate surface area is 129 Å². The summed E-state index contributed by atoms with van der Waals surface area (Å²) in [5.74, 6) is 2.69. The molecule has 1 saturated carbocycles. The zero-order chi connectivity index (χ0) is 15.1. The summed E-state index contributed by atoms with van der Waals surface area (Å²) in [6.07, 6.45) is 8.66. The van der Waals surface area contributed by atoms with Crippen molar-refractivity contribution >= 4 is 5.91 Å². The summed E-state index contributed by atoms with van der Waals surface area (Å²) >= 11 is 0. The Bertz CT molecular complexity index is 661. The number of rotatable bonds is 3. The molecule has 4 rings (SSSR count). The Kier molecular flexibility index (Phi) is 3.28. The van der Waals surface area contributed by atoms with E-state index in [2.05, 4.69) is 9.55 Å². The molecule has 0 bridgehead atoms. The number of hydrogen-bond donors (Lipinski definition) is 0. The minimum atomic E-state index is 0.119. The molecular weight excluding hydrogens is 278 g/mol. The van der Waals surface area contributed by atoms with Crippen LogP contribution in [0.5, 0.6) is 0 Å². The second-order valence-electron chi connectivity index (χ2n) is 6.43. The lowest BCUT2D eigenvalue weighted by molar-refractivity contribution is -0.134. The molecule has 5 nitrogen and oxygen atoms in total. The van der Waals surface area contributed by atoms with Gasteiger partial charge in [0, 0.05) is 37.3 Å². The molecule has 3 atom stereocenters. The van der Waals surface area contributed by atoms with Gasteiger partial charge in [-0.2, -0.15) is 0 Å². The Hall–Kier alpha value is -2.04. The van der Waals surface area contributed by atoms with Gasteiger partial charge in [-0.25, -0.2) is 4.98 Å². The molecule has 0 radical (unpaired) electrons. The minimum Gasteiger partial charge on any atom is -0.469 e. The van der Waals surface area contributed by atoms with Crippen LogP contribution < -0.4 is 0 Å². The van der Waals surface area contributed by atoms with E-state index in [-0.39, 0.29) is 11.8 Å². The fourth-order valence-electron chi connectivity index (χ4n) is 3.67. The van der Waals surface area contributed by atoms with Crippen molar-refractivity contribution in [1.82, 2.24) is 14.5 Å². The van der Waals surface area contributed by atoms with Crippen LogP contribution in [0.25, 0.3) is 0 Å². The third-order valence-corrected chi connectivity index (χ3v) is 4.98. The van der Waals surface area contributed by atoms with Crippen LogP contribution in [0.4, 0.5) is 0 Å². The van der Waals surface area contributed by atoms with Gasteiger partial charge in [-0.1, -0.05) is 0 Å². The molecule has 1 aliphatic carbocycles. The lowest BCUT2D eigenvalue weighted by atomic mass is 10.0. The average Bonchev–Trinajstić information content (AvgIpc) is 2.95. The predicted octanol–water partition coefficient (Wildman–Crippen LogP) is 2.75. The van der Waals surface area contributed by atoms with Crippen molar-refractivity contribution in [3.05, 3.63) is 42.4 Å². The molecule has 2 aromatic rings. The molecule has 22 heavy (non-hydrogen) atoms. The van der Waals surface area contributed by atoms with Gasteiger partial charge in [0.1, 0.15) is 11.6 Å². The number of amides is 1. The molecule has 2 aromatic heterocycles. The fourth-order valence-corrected chi connectivity index (χ4v) is 3.67. The zero-order valence-corrected chi connectivity index (χ0v) is 12.8. The largest absolute Gasteiger partial charge is 0.469 e. The summed E-state index contributed by atoms with van der Waals surface area (Å²) in [5, 5.41) is 0. The van der Waals surface area contributed by atoms with Gasteiger partial charge in [0.05, 0.1) is 12.3 Å². The quantitative estimate of drug-likeness (QED) is 0.875. The molecule has 116 valence electrons. The maximum absolute atomic E-state index is 12.7. The van der Waals surface area contributed by atoms with Crippen molar-refractivity contribution in [3.8, 4) is 0 Å². The average molecular weight is 299 g/mol. The number of aromatic nitrogens is 2. The number of nitrogens with zero attached hydrogens (tertiary/aromatic N) is 3. The van der Waals surface area contributed by atoms with Gasteiger partial charge >= 0.3 is 0 Å². The molecule has 3 unspecified atom stereocenters. The third kappa shape index (κ3) is 2.34. The SMILES string of the molecule is Cc1nccn1C1CCCN(C(=O)C2CC2c2ccco2)C1. The van der Waals surface area contributed by atoms with E-state index >= 15 is 0 Å². The molecule has 0 N–H and O–H groups in total. The number of aryl methyl sites for hydroxylation is 1. The fraction of sp³-hybridized carbons (Fsp3) is 0.529. The molecule has 1 amide bonds. The van der Waals surface area contributed by atoms with Crippen molar-refractivity contribution in [1.29, 1.82) is 0 Å². The number of imidazole rings is 1. The number of piperidine rings is 1. The van der Waals surface area contributed by atoms with E-state index in [1.807, 2.05) is 36.4 Å². The van der Waals surface area contributed by atoms with Crippen LogP contribution in [0.1, 0.15) is 42.8 Å². The summed E-state index contributed by atoms with van der Waals surface area (Å²) in [7, 11) is 0. The van der Waals surface area contributed by atoms with Crippen molar-refractivity contribution in [3.63, 3.8) is 0 Å². The lowest BCUT2D eigenvalue weighted by Gasteiger charge is -2.34. The summed E-state index contributed by atoms with van der Waals surface area (Å²) in [5.41, 5.74) is 0. The van der Waals surface area contributed by atoms with Crippen LogP contribution >= 0.6 is 0 Å². The maximum Gasteiger partial charge on any atom is 0.226 e. The van der Waals surface area contributed by atoms with E-state index < -0.39 is 0 Å². The summed E-state index contributed by atoms with van der Waals surface area (Å²) in [6.45, 7) is 3.70. The van der Waals surface area contributed by atoms with Gasteiger partial charge in [-0.15, -0.1) is 0 Å². The predicted molar refractivity (Wildman–Crippen MR) is 81.4 cm³/mol. The molecule has 1 aliphatic heterocycles. The highest BCUT2D eigenvalue weighted by molar-refractivity contribution is 5.83. The summed E-state index contributed by atoms with van der Waals surface area (Å²) in [6, 6.07) is 4.24. The van der Waals surface area contributed by atoms with Crippen LogP contribution in [0.3, 0.4) is 0 Å². The molecule has 5 heteroatoms. The van der Waals surface area contributed by atoms with Gasteiger partial charge in [0.2, 0.25) is 5.91 Å². The number of likely N-dealkylation sites (tertiary alicyclic amines) is 1. The van der Waals surface area contributed by atoms with Crippen LogP contribution in [0.15, 0.2) is 35.2 Å². The van der Waals surface area contributed by atoms with E-state index in [0.717, 1.165) is 43.9 Å². The van der Waals surface area contributed by atoms with Gasteiger partial charge in [0.25, 0.3) is 0 Å². The van der Waals surface area contributed by atoms with Gasteiger partial charge < -0.3 is 13.9 Å². The first-order chi connectivity index (χ1) is 10.7. The first-order valence-electron chi connectivity index (χ1n) is 8.05. The van der Waals surface area contributed by atoms with Crippen molar-refractivity contribution in [2.45, 2.75) is 38.1 Å². The highest BCUT2D eigenvalue weighted by Gasteiger charge is 2.48. The molecule has 2 fully saturated rings. The monoisotopic (exact) mass is 299 g/mol. The number of hydrogen-bond acceptors (Lipinski definition) is 3. The van der Waals surface area contributed by atoms with Gasteiger partial charge in [-0.05, 0) is 38.3 Å². The Morgan fingerprint density at radius 3 is 3.09 bits per heavy atom. The van der Waals surface area contributed by atoms with E-state index in [9.17, 15) is 4.79 Å². The smallest absolute Gasteiger partial charge is 0.226 e. The van der Waals surface area contributed by atoms with Crippen LogP contribution in [0, 0.1) is 12.8 Å². The topological polar surface area (TPSA) is 51.3 Å². The normalized spacial score (nSPS) is 27.9. The highest BCUT2D eigenvalue weighted by Crippen LogP contribution is 2.49. The van der Waals surface area contributed by atoms with E-state index in [0.29, 0.717) is 11.9 Å². The second-order valence-corrected chi connectivity index (χ2v) is 6.43. The molecule has 0 aromatic carbocycles.